The molecule has 0 aliphatic carbocycles. The van der Waals surface area contributed by atoms with Crippen molar-refractivity contribution in [3.8, 4) is 0 Å². The number of rotatable bonds is 4. The molecule has 1 aromatic heterocycles. The van der Waals surface area contributed by atoms with Crippen LogP contribution in [0.25, 0.3) is 0 Å². The molecule has 1 N–H and O–H groups in total. The van der Waals surface area contributed by atoms with Gasteiger partial charge >= 0.3 is 0 Å². The molecular weight excluding hydrogens is 296 g/mol. The standard InChI is InChI=1S/C13H20N2O3S2/c1-10-6-8-19-12(10)13(16)15-7-4-3-5-11(15)9-14-20(2,17)18/h6,8,11,14H,3-5,7,9H2,1-2H3. The number of amides is 1. The van der Waals surface area contributed by atoms with Crippen LogP contribution in [-0.2, 0) is 10.0 Å². The molecule has 20 heavy (non-hydrogen) atoms. The summed E-state index contributed by atoms with van der Waals surface area (Å²) in [5.41, 5.74) is 0.986. The Hall–Kier alpha value is -0.920. The van der Waals surface area contributed by atoms with Gasteiger partial charge < -0.3 is 4.90 Å². The van der Waals surface area contributed by atoms with Crippen LogP contribution in [0.2, 0.25) is 0 Å². The van der Waals surface area contributed by atoms with Crippen LogP contribution in [-0.4, -0.2) is 44.6 Å². The fraction of sp³-hybridized carbons (Fsp3) is 0.615. The normalized spacial score (nSPS) is 20.1. The molecule has 1 atom stereocenters. The molecule has 1 saturated heterocycles. The molecule has 1 aliphatic heterocycles. The van der Waals surface area contributed by atoms with Crippen LogP contribution in [0.4, 0.5) is 0 Å². The molecule has 7 heteroatoms. The van der Waals surface area contributed by atoms with Crippen LogP contribution in [0.5, 0.6) is 0 Å². The van der Waals surface area contributed by atoms with Gasteiger partial charge in [0.2, 0.25) is 10.0 Å². The first-order chi connectivity index (χ1) is 9.38. The third-order valence-electron chi connectivity index (χ3n) is 3.53. The van der Waals surface area contributed by atoms with Gasteiger partial charge in [-0.05, 0) is 43.2 Å². The van der Waals surface area contributed by atoms with Crippen molar-refractivity contribution in [3.63, 3.8) is 0 Å². The van der Waals surface area contributed by atoms with Crippen LogP contribution < -0.4 is 4.72 Å². The second kappa shape index (κ2) is 6.24. The van der Waals surface area contributed by atoms with Gasteiger partial charge in [-0.3, -0.25) is 4.79 Å². The summed E-state index contributed by atoms with van der Waals surface area (Å²) in [7, 11) is -3.22. The van der Waals surface area contributed by atoms with E-state index in [4.69, 9.17) is 0 Å². The molecule has 0 spiro atoms. The second-order valence-corrected chi connectivity index (χ2v) is 7.95. The Morgan fingerprint density at radius 2 is 2.25 bits per heavy atom. The predicted octanol–water partition coefficient (Wildman–Crippen LogP) is 1.60. The van der Waals surface area contributed by atoms with Crippen molar-refractivity contribution in [2.24, 2.45) is 0 Å². The van der Waals surface area contributed by atoms with Crippen molar-refractivity contribution >= 4 is 27.3 Å². The quantitative estimate of drug-likeness (QED) is 0.917. The van der Waals surface area contributed by atoms with Crippen molar-refractivity contribution < 1.29 is 13.2 Å². The average molecular weight is 316 g/mol. The summed E-state index contributed by atoms with van der Waals surface area (Å²) < 4.78 is 25.0. The molecule has 1 aromatic rings. The van der Waals surface area contributed by atoms with Gasteiger partial charge in [0, 0.05) is 19.1 Å². The van der Waals surface area contributed by atoms with E-state index in [0.29, 0.717) is 13.1 Å². The molecule has 2 heterocycles. The van der Waals surface area contributed by atoms with E-state index in [0.717, 1.165) is 36.0 Å². The maximum atomic E-state index is 12.6. The highest BCUT2D eigenvalue weighted by atomic mass is 32.2. The lowest BCUT2D eigenvalue weighted by Crippen LogP contribution is -2.49. The first-order valence-electron chi connectivity index (χ1n) is 6.68. The number of thiophene rings is 1. The van der Waals surface area contributed by atoms with Crippen molar-refractivity contribution in [1.29, 1.82) is 0 Å². The fourth-order valence-corrected chi connectivity index (χ4v) is 3.83. The first kappa shape index (κ1) is 15.5. The van der Waals surface area contributed by atoms with E-state index in [2.05, 4.69) is 4.72 Å². The number of likely N-dealkylation sites (tertiary alicyclic amines) is 1. The maximum absolute atomic E-state index is 12.6. The highest BCUT2D eigenvalue weighted by molar-refractivity contribution is 7.88. The second-order valence-electron chi connectivity index (χ2n) is 5.20. The van der Waals surface area contributed by atoms with Gasteiger partial charge in [-0.1, -0.05) is 0 Å². The van der Waals surface area contributed by atoms with Gasteiger partial charge in [-0.25, -0.2) is 13.1 Å². The lowest BCUT2D eigenvalue weighted by atomic mass is 10.0. The number of nitrogens with zero attached hydrogens (tertiary/aromatic N) is 1. The Morgan fingerprint density at radius 3 is 2.85 bits per heavy atom. The number of sulfonamides is 1. The smallest absolute Gasteiger partial charge is 0.264 e. The minimum atomic E-state index is -3.22. The Kier molecular flexibility index (Phi) is 4.82. The molecule has 1 amide bonds. The van der Waals surface area contributed by atoms with E-state index in [1.807, 2.05) is 23.3 Å². The summed E-state index contributed by atoms with van der Waals surface area (Å²) >= 11 is 1.45. The van der Waals surface area contributed by atoms with Gasteiger partial charge in [-0.15, -0.1) is 11.3 Å². The van der Waals surface area contributed by atoms with E-state index >= 15 is 0 Å². The Labute approximate surface area is 124 Å². The SMILES string of the molecule is Cc1ccsc1C(=O)N1CCCCC1CNS(C)(=O)=O. The summed E-state index contributed by atoms with van der Waals surface area (Å²) in [6, 6.07) is 1.89. The number of hydrogen-bond donors (Lipinski definition) is 1. The number of hydrogen-bond acceptors (Lipinski definition) is 4. The first-order valence-corrected chi connectivity index (χ1v) is 9.45. The molecule has 5 nitrogen and oxygen atoms in total. The van der Waals surface area contributed by atoms with Crippen LogP contribution in [0.1, 0.15) is 34.5 Å². The van der Waals surface area contributed by atoms with Crippen molar-refractivity contribution in [2.45, 2.75) is 32.2 Å². The van der Waals surface area contributed by atoms with Gasteiger partial charge in [-0.2, -0.15) is 0 Å². The van der Waals surface area contributed by atoms with E-state index < -0.39 is 10.0 Å². The molecule has 0 radical (unpaired) electrons. The average Bonchev–Trinajstić information content (AvgIpc) is 2.81. The molecule has 0 bridgehead atoms. The van der Waals surface area contributed by atoms with Gasteiger partial charge in [0.25, 0.3) is 5.91 Å². The molecule has 1 unspecified atom stereocenters. The number of carbonyl (C=O) groups excluding carboxylic acids is 1. The molecule has 1 fully saturated rings. The van der Waals surface area contributed by atoms with Crippen LogP contribution in [0.3, 0.4) is 0 Å². The Bertz CT molecular complexity index is 580. The number of piperidine rings is 1. The third kappa shape index (κ3) is 3.80. The minimum Gasteiger partial charge on any atom is -0.334 e. The van der Waals surface area contributed by atoms with Crippen LogP contribution in [0, 0.1) is 6.92 Å². The van der Waals surface area contributed by atoms with Crippen LogP contribution >= 0.6 is 11.3 Å². The number of carbonyl (C=O) groups is 1. The molecule has 0 aromatic carbocycles. The Morgan fingerprint density at radius 1 is 1.50 bits per heavy atom. The van der Waals surface area contributed by atoms with Crippen LogP contribution in [0.15, 0.2) is 11.4 Å². The zero-order valence-electron chi connectivity index (χ0n) is 11.8. The van der Waals surface area contributed by atoms with E-state index in [1.54, 1.807) is 0 Å². The van der Waals surface area contributed by atoms with E-state index in [9.17, 15) is 13.2 Å². The predicted molar refractivity (Wildman–Crippen MR) is 80.6 cm³/mol. The summed E-state index contributed by atoms with van der Waals surface area (Å²) in [5, 5.41) is 1.91. The zero-order chi connectivity index (χ0) is 14.8. The summed E-state index contributed by atoms with van der Waals surface area (Å²) in [6.45, 7) is 2.93. The van der Waals surface area contributed by atoms with E-state index in [1.165, 1.54) is 11.3 Å². The number of aryl methyl sites for hydroxylation is 1. The van der Waals surface area contributed by atoms with Crippen molar-refractivity contribution in [1.82, 2.24) is 9.62 Å². The minimum absolute atomic E-state index is 0.0255. The summed E-state index contributed by atoms with van der Waals surface area (Å²) in [6.07, 6.45) is 4.00. The summed E-state index contributed by atoms with van der Waals surface area (Å²) in [5.74, 6) is 0.0255. The monoisotopic (exact) mass is 316 g/mol. The molecular formula is C13H20N2O3S2. The van der Waals surface area contributed by atoms with Gasteiger partial charge in [0.1, 0.15) is 0 Å². The molecule has 112 valence electrons. The summed E-state index contributed by atoms with van der Waals surface area (Å²) in [4.78, 5) is 15.2. The Balaban J connectivity index is 2.11. The third-order valence-corrected chi connectivity index (χ3v) is 5.22. The highest BCUT2D eigenvalue weighted by Crippen LogP contribution is 2.23. The van der Waals surface area contributed by atoms with Gasteiger partial charge in [0.05, 0.1) is 11.1 Å². The van der Waals surface area contributed by atoms with E-state index in [-0.39, 0.29) is 11.9 Å². The molecule has 2 rings (SSSR count). The topological polar surface area (TPSA) is 66.5 Å². The lowest BCUT2D eigenvalue weighted by Gasteiger charge is -2.35. The lowest BCUT2D eigenvalue weighted by molar-refractivity contribution is 0.0623. The van der Waals surface area contributed by atoms with Crippen molar-refractivity contribution in [2.75, 3.05) is 19.3 Å². The maximum Gasteiger partial charge on any atom is 0.264 e. The van der Waals surface area contributed by atoms with Crippen molar-refractivity contribution in [3.05, 3.63) is 21.9 Å². The highest BCUT2D eigenvalue weighted by Gasteiger charge is 2.29. The number of nitrogens with one attached hydrogen (secondary N) is 1. The largest absolute Gasteiger partial charge is 0.334 e. The zero-order valence-corrected chi connectivity index (χ0v) is 13.4. The molecule has 0 saturated carbocycles. The fourth-order valence-electron chi connectivity index (χ4n) is 2.45. The molecule has 1 aliphatic rings. The van der Waals surface area contributed by atoms with Gasteiger partial charge in [0.15, 0.2) is 0 Å².